The number of nitrogens with zero attached hydrogens (tertiary/aromatic N) is 2. The number of carbonyl (C=O) groups excluding carboxylic acids is 2. The van der Waals surface area contributed by atoms with Crippen LogP contribution in [-0.4, -0.2) is 63.1 Å². The number of hydrogen-bond donors (Lipinski definition) is 3. The highest BCUT2D eigenvalue weighted by molar-refractivity contribution is 5.96. The van der Waals surface area contributed by atoms with E-state index in [9.17, 15) is 24.9 Å². The monoisotopic (exact) mass is 384 g/mol. The van der Waals surface area contributed by atoms with E-state index in [1.807, 2.05) is 32.0 Å². The number of rotatable bonds is 2. The Hall–Kier alpha value is -3.22. The van der Waals surface area contributed by atoms with E-state index in [2.05, 4.69) is 0 Å². The van der Waals surface area contributed by atoms with Crippen LogP contribution < -0.4 is 0 Å². The lowest BCUT2D eigenvalue weighted by Crippen LogP contribution is -2.37. The van der Waals surface area contributed by atoms with E-state index in [1.54, 1.807) is 9.80 Å². The van der Waals surface area contributed by atoms with E-state index in [4.69, 9.17) is 0 Å². The van der Waals surface area contributed by atoms with Gasteiger partial charge < -0.3 is 25.1 Å². The summed E-state index contributed by atoms with van der Waals surface area (Å²) in [4.78, 5) is 28.9. The van der Waals surface area contributed by atoms with Crippen molar-refractivity contribution in [1.29, 1.82) is 0 Å². The summed E-state index contributed by atoms with van der Waals surface area (Å²) in [6.07, 6.45) is 0.623. The molecule has 1 heterocycles. The van der Waals surface area contributed by atoms with Gasteiger partial charge in [-0.3, -0.25) is 9.59 Å². The molecule has 0 aromatic heterocycles. The first-order chi connectivity index (χ1) is 13.3. The Balaban J connectivity index is 1.71. The van der Waals surface area contributed by atoms with E-state index in [-0.39, 0.29) is 17.4 Å². The van der Waals surface area contributed by atoms with Gasteiger partial charge in [-0.1, -0.05) is 6.07 Å². The first kappa shape index (κ1) is 19.5. The van der Waals surface area contributed by atoms with Gasteiger partial charge in [0.25, 0.3) is 11.8 Å². The third-order valence-electron chi connectivity index (χ3n) is 5.14. The molecule has 0 unspecified atom stereocenters. The van der Waals surface area contributed by atoms with Gasteiger partial charge in [-0.05, 0) is 55.7 Å². The van der Waals surface area contributed by atoms with Crippen LogP contribution >= 0.6 is 0 Å². The highest BCUT2D eigenvalue weighted by atomic mass is 16.3. The predicted molar refractivity (Wildman–Crippen MR) is 104 cm³/mol. The topological polar surface area (TPSA) is 101 Å². The SMILES string of the molecule is Cc1ccc(C(=O)N2CCCN(C(=O)c3cc(O)c(O)c(O)c3)CC2)cc1C. The molecule has 2 amide bonds. The molecule has 1 aliphatic heterocycles. The number of hydrogen-bond acceptors (Lipinski definition) is 5. The van der Waals surface area contributed by atoms with Crippen molar-refractivity contribution >= 4 is 11.8 Å². The molecule has 3 N–H and O–H groups in total. The first-order valence-corrected chi connectivity index (χ1v) is 9.18. The van der Waals surface area contributed by atoms with Gasteiger partial charge in [0.2, 0.25) is 0 Å². The smallest absolute Gasteiger partial charge is 0.254 e. The molecule has 1 fully saturated rings. The maximum absolute atomic E-state index is 12.8. The van der Waals surface area contributed by atoms with Gasteiger partial charge in [0, 0.05) is 37.3 Å². The Kier molecular flexibility index (Phi) is 5.44. The van der Waals surface area contributed by atoms with Crippen molar-refractivity contribution < 1.29 is 24.9 Å². The van der Waals surface area contributed by atoms with Gasteiger partial charge in [0.15, 0.2) is 17.2 Å². The summed E-state index contributed by atoms with van der Waals surface area (Å²) < 4.78 is 0. The summed E-state index contributed by atoms with van der Waals surface area (Å²) in [7, 11) is 0. The van der Waals surface area contributed by atoms with Crippen LogP contribution in [0.3, 0.4) is 0 Å². The van der Waals surface area contributed by atoms with Crippen LogP contribution in [0.1, 0.15) is 38.3 Å². The molecule has 1 aliphatic rings. The highest BCUT2D eigenvalue weighted by Gasteiger charge is 2.25. The molecule has 0 bridgehead atoms. The molecule has 0 spiro atoms. The zero-order valence-electron chi connectivity index (χ0n) is 16.0. The average Bonchev–Trinajstić information content (AvgIpc) is 2.93. The van der Waals surface area contributed by atoms with Crippen LogP contribution in [0.25, 0.3) is 0 Å². The van der Waals surface area contributed by atoms with Crippen LogP contribution in [0.5, 0.6) is 17.2 Å². The minimum atomic E-state index is -0.655. The van der Waals surface area contributed by atoms with Crippen LogP contribution in [0.2, 0.25) is 0 Å². The van der Waals surface area contributed by atoms with Gasteiger partial charge >= 0.3 is 0 Å². The van der Waals surface area contributed by atoms with Crippen molar-refractivity contribution in [3.05, 3.63) is 52.6 Å². The molecule has 2 aromatic rings. The molecule has 28 heavy (non-hydrogen) atoms. The van der Waals surface area contributed by atoms with E-state index in [0.29, 0.717) is 38.2 Å². The summed E-state index contributed by atoms with van der Waals surface area (Å²) in [5.41, 5.74) is 2.91. The van der Waals surface area contributed by atoms with Crippen LogP contribution in [0.15, 0.2) is 30.3 Å². The van der Waals surface area contributed by atoms with Crippen LogP contribution in [0, 0.1) is 13.8 Å². The van der Waals surface area contributed by atoms with Crippen LogP contribution in [-0.2, 0) is 0 Å². The molecule has 7 nitrogen and oxygen atoms in total. The Morgan fingerprint density at radius 3 is 1.82 bits per heavy atom. The number of benzene rings is 2. The van der Waals surface area contributed by atoms with Crippen molar-refractivity contribution in [3.63, 3.8) is 0 Å². The fourth-order valence-corrected chi connectivity index (χ4v) is 3.29. The van der Waals surface area contributed by atoms with Gasteiger partial charge in [0.1, 0.15) is 0 Å². The van der Waals surface area contributed by atoms with Gasteiger partial charge in [0.05, 0.1) is 0 Å². The summed E-state index contributed by atoms with van der Waals surface area (Å²) >= 11 is 0. The summed E-state index contributed by atoms with van der Waals surface area (Å²) in [5.74, 6) is -2.18. The maximum atomic E-state index is 12.8. The predicted octanol–water partition coefficient (Wildman–Crippen LogP) is 2.41. The molecule has 0 saturated carbocycles. The van der Waals surface area contributed by atoms with Crippen molar-refractivity contribution in [1.82, 2.24) is 9.80 Å². The third kappa shape index (κ3) is 3.88. The average molecular weight is 384 g/mol. The van der Waals surface area contributed by atoms with Crippen LogP contribution in [0.4, 0.5) is 0 Å². The quantitative estimate of drug-likeness (QED) is 0.690. The van der Waals surface area contributed by atoms with Gasteiger partial charge in [-0.25, -0.2) is 0 Å². The number of phenolic OH excluding ortho intramolecular Hbond substituents is 3. The number of phenols is 3. The lowest BCUT2D eigenvalue weighted by Gasteiger charge is -2.23. The van der Waals surface area contributed by atoms with Gasteiger partial charge in [-0.15, -0.1) is 0 Å². The molecule has 0 radical (unpaired) electrons. The maximum Gasteiger partial charge on any atom is 0.254 e. The van der Waals surface area contributed by atoms with Crippen molar-refractivity contribution in [3.8, 4) is 17.2 Å². The van der Waals surface area contributed by atoms with Crippen molar-refractivity contribution in [2.45, 2.75) is 20.3 Å². The summed E-state index contributed by atoms with van der Waals surface area (Å²) in [6, 6.07) is 7.88. The molecular formula is C21H24N2O5. The Labute approximate surface area is 163 Å². The fourth-order valence-electron chi connectivity index (χ4n) is 3.29. The Morgan fingerprint density at radius 2 is 1.29 bits per heavy atom. The zero-order chi connectivity index (χ0) is 20.4. The molecule has 3 rings (SSSR count). The molecule has 0 aliphatic carbocycles. The standard InChI is InChI=1S/C21H24N2O5/c1-13-4-5-15(10-14(13)2)20(27)22-6-3-7-23(9-8-22)21(28)16-11-17(24)19(26)18(25)12-16/h4-5,10-12,24-26H,3,6-9H2,1-2H3. The summed E-state index contributed by atoms with van der Waals surface area (Å²) in [6.45, 7) is 5.71. The minimum Gasteiger partial charge on any atom is -0.504 e. The third-order valence-corrected chi connectivity index (χ3v) is 5.14. The second kappa shape index (κ2) is 7.80. The lowest BCUT2D eigenvalue weighted by atomic mass is 10.1. The number of aromatic hydroxyl groups is 3. The molecule has 148 valence electrons. The van der Waals surface area contributed by atoms with Crippen molar-refractivity contribution in [2.75, 3.05) is 26.2 Å². The first-order valence-electron chi connectivity index (χ1n) is 9.18. The lowest BCUT2D eigenvalue weighted by molar-refractivity contribution is 0.0718. The largest absolute Gasteiger partial charge is 0.504 e. The highest BCUT2D eigenvalue weighted by Crippen LogP contribution is 2.35. The number of aryl methyl sites for hydroxylation is 2. The fraction of sp³-hybridized carbons (Fsp3) is 0.333. The van der Waals surface area contributed by atoms with E-state index in [1.165, 1.54) is 0 Å². The molecule has 0 atom stereocenters. The normalized spacial score (nSPS) is 14.6. The van der Waals surface area contributed by atoms with Gasteiger partial charge in [-0.2, -0.15) is 0 Å². The summed E-state index contributed by atoms with van der Waals surface area (Å²) in [5, 5.41) is 28.7. The minimum absolute atomic E-state index is 0.0580. The zero-order valence-corrected chi connectivity index (χ0v) is 16.0. The Morgan fingerprint density at radius 1 is 0.750 bits per heavy atom. The van der Waals surface area contributed by atoms with E-state index < -0.39 is 17.2 Å². The molecule has 2 aromatic carbocycles. The second-order valence-electron chi connectivity index (χ2n) is 7.10. The second-order valence-corrected chi connectivity index (χ2v) is 7.10. The van der Waals surface area contributed by atoms with E-state index >= 15 is 0 Å². The van der Waals surface area contributed by atoms with Crippen molar-refractivity contribution in [2.24, 2.45) is 0 Å². The number of amides is 2. The molecular weight excluding hydrogens is 360 g/mol. The Bertz CT molecular complexity index is 902. The number of carbonyl (C=O) groups is 2. The molecule has 7 heteroatoms. The van der Waals surface area contributed by atoms with E-state index in [0.717, 1.165) is 23.3 Å². The molecule has 1 saturated heterocycles.